The van der Waals surface area contributed by atoms with Gasteiger partial charge in [0.1, 0.15) is 5.82 Å². The van der Waals surface area contributed by atoms with E-state index in [1.807, 2.05) is 0 Å². The molecule has 0 aliphatic carbocycles. The van der Waals surface area contributed by atoms with Crippen LogP contribution in [0.2, 0.25) is 0 Å². The van der Waals surface area contributed by atoms with Gasteiger partial charge in [-0.15, -0.1) is 0 Å². The molecule has 1 atom stereocenters. The second-order valence-electron chi connectivity index (χ2n) is 3.92. The summed E-state index contributed by atoms with van der Waals surface area (Å²) in [6.45, 7) is 4.24. The molecule has 1 aromatic rings. The SMILES string of the molecule is CCCCC(C)Nc1cc(F)ccc1N. The van der Waals surface area contributed by atoms with E-state index in [0.29, 0.717) is 17.4 Å². The third-order valence-electron chi connectivity index (χ3n) is 2.41. The molecule has 1 aromatic carbocycles. The summed E-state index contributed by atoms with van der Waals surface area (Å²) in [5, 5.41) is 3.22. The van der Waals surface area contributed by atoms with Gasteiger partial charge in [0.05, 0.1) is 11.4 Å². The number of unbranched alkanes of at least 4 members (excludes halogenated alkanes) is 1. The van der Waals surface area contributed by atoms with Crippen molar-refractivity contribution < 1.29 is 4.39 Å². The van der Waals surface area contributed by atoms with Crippen molar-refractivity contribution in [1.82, 2.24) is 0 Å². The minimum atomic E-state index is -0.255. The van der Waals surface area contributed by atoms with Crippen LogP contribution >= 0.6 is 0 Å². The molecule has 0 saturated carbocycles. The van der Waals surface area contributed by atoms with Crippen LogP contribution in [0.15, 0.2) is 18.2 Å². The molecular weight excluding hydrogens is 191 g/mol. The van der Waals surface area contributed by atoms with Gasteiger partial charge in [0, 0.05) is 6.04 Å². The van der Waals surface area contributed by atoms with Gasteiger partial charge < -0.3 is 11.1 Å². The predicted molar refractivity (Wildman–Crippen MR) is 63.4 cm³/mol. The number of rotatable bonds is 5. The van der Waals surface area contributed by atoms with E-state index in [1.165, 1.54) is 25.0 Å². The Morgan fingerprint density at radius 1 is 1.47 bits per heavy atom. The van der Waals surface area contributed by atoms with Gasteiger partial charge in [-0.1, -0.05) is 19.8 Å². The van der Waals surface area contributed by atoms with Crippen LogP contribution in [-0.4, -0.2) is 6.04 Å². The fourth-order valence-electron chi connectivity index (χ4n) is 1.50. The summed E-state index contributed by atoms with van der Waals surface area (Å²) in [5.41, 5.74) is 7.03. The Morgan fingerprint density at radius 3 is 2.87 bits per heavy atom. The van der Waals surface area contributed by atoms with Crippen molar-refractivity contribution in [1.29, 1.82) is 0 Å². The quantitative estimate of drug-likeness (QED) is 0.731. The molecule has 3 N–H and O–H groups in total. The molecule has 0 radical (unpaired) electrons. The Balaban J connectivity index is 2.59. The van der Waals surface area contributed by atoms with Crippen LogP contribution in [-0.2, 0) is 0 Å². The molecule has 84 valence electrons. The smallest absolute Gasteiger partial charge is 0.125 e. The monoisotopic (exact) mass is 210 g/mol. The van der Waals surface area contributed by atoms with Crippen LogP contribution in [0.5, 0.6) is 0 Å². The standard InChI is InChI=1S/C12H19FN2/c1-3-4-5-9(2)15-12-8-10(13)6-7-11(12)14/h6-9,15H,3-5,14H2,1-2H3. The maximum atomic E-state index is 13.0. The zero-order valence-electron chi connectivity index (χ0n) is 9.39. The number of hydrogen-bond acceptors (Lipinski definition) is 2. The van der Waals surface area contributed by atoms with Crippen molar-refractivity contribution in [2.24, 2.45) is 0 Å². The highest BCUT2D eigenvalue weighted by atomic mass is 19.1. The van der Waals surface area contributed by atoms with Gasteiger partial charge in [0.25, 0.3) is 0 Å². The number of nitrogens with one attached hydrogen (secondary N) is 1. The Labute approximate surface area is 90.7 Å². The molecule has 0 fully saturated rings. The average molecular weight is 210 g/mol. The average Bonchev–Trinajstić information content (AvgIpc) is 2.20. The Morgan fingerprint density at radius 2 is 2.20 bits per heavy atom. The molecule has 0 spiro atoms. The maximum Gasteiger partial charge on any atom is 0.125 e. The number of halogens is 1. The van der Waals surface area contributed by atoms with Crippen LogP contribution in [0, 0.1) is 5.82 Å². The van der Waals surface area contributed by atoms with E-state index >= 15 is 0 Å². The lowest BCUT2D eigenvalue weighted by molar-refractivity contribution is 0.624. The third-order valence-corrected chi connectivity index (χ3v) is 2.41. The van der Waals surface area contributed by atoms with E-state index in [2.05, 4.69) is 19.2 Å². The summed E-state index contributed by atoms with van der Waals surface area (Å²) in [5.74, 6) is -0.255. The van der Waals surface area contributed by atoms with E-state index in [9.17, 15) is 4.39 Å². The Hall–Kier alpha value is -1.25. The molecule has 0 saturated heterocycles. The summed E-state index contributed by atoms with van der Waals surface area (Å²) in [7, 11) is 0. The molecule has 1 rings (SSSR count). The first-order valence-electron chi connectivity index (χ1n) is 5.45. The molecule has 15 heavy (non-hydrogen) atoms. The Bertz CT molecular complexity index is 312. The maximum absolute atomic E-state index is 13.0. The summed E-state index contributed by atoms with van der Waals surface area (Å²) in [6.07, 6.45) is 3.42. The molecule has 2 nitrogen and oxygen atoms in total. The molecule has 0 aliphatic heterocycles. The number of nitrogens with two attached hydrogens (primary N) is 1. The highest BCUT2D eigenvalue weighted by molar-refractivity contribution is 5.66. The first-order valence-corrected chi connectivity index (χ1v) is 5.45. The van der Waals surface area contributed by atoms with Crippen molar-refractivity contribution >= 4 is 11.4 Å². The number of anilines is 2. The number of benzene rings is 1. The highest BCUT2D eigenvalue weighted by Crippen LogP contribution is 2.20. The molecule has 0 bridgehead atoms. The molecule has 0 heterocycles. The lowest BCUT2D eigenvalue weighted by Crippen LogP contribution is -2.16. The van der Waals surface area contributed by atoms with E-state index < -0.39 is 0 Å². The Kier molecular flexibility index (Phi) is 4.40. The largest absolute Gasteiger partial charge is 0.397 e. The van der Waals surface area contributed by atoms with Crippen molar-refractivity contribution in [3.05, 3.63) is 24.0 Å². The topological polar surface area (TPSA) is 38.0 Å². The van der Waals surface area contributed by atoms with E-state index in [-0.39, 0.29) is 5.82 Å². The van der Waals surface area contributed by atoms with Crippen molar-refractivity contribution in [2.75, 3.05) is 11.1 Å². The van der Waals surface area contributed by atoms with Crippen molar-refractivity contribution in [3.8, 4) is 0 Å². The van der Waals surface area contributed by atoms with Gasteiger partial charge in [-0.2, -0.15) is 0 Å². The van der Waals surface area contributed by atoms with Gasteiger partial charge >= 0.3 is 0 Å². The van der Waals surface area contributed by atoms with E-state index in [1.54, 1.807) is 6.07 Å². The van der Waals surface area contributed by atoms with Crippen LogP contribution in [0.4, 0.5) is 15.8 Å². The molecule has 0 aromatic heterocycles. The zero-order chi connectivity index (χ0) is 11.3. The van der Waals surface area contributed by atoms with Gasteiger partial charge in [-0.3, -0.25) is 0 Å². The zero-order valence-corrected chi connectivity index (χ0v) is 9.39. The fraction of sp³-hybridized carbons (Fsp3) is 0.500. The fourth-order valence-corrected chi connectivity index (χ4v) is 1.50. The minimum Gasteiger partial charge on any atom is -0.397 e. The number of nitrogen functional groups attached to an aromatic ring is 1. The lowest BCUT2D eigenvalue weighted by Gasteiger charge is -2.16. The summed E-state index contributed by atoms with van der Waals surface area (Å²) < 4.78 is 13.0. The molecule has 0 amide bonds. The molecule has 3 heteroatoms. The minimum absolute atomic E-state index is 0.255. The summed E-state index contributed by atoms with van der Waals surface area (Å²) in [4.78, 5) is 0. The third kappa shape index (κ3) is 3.78. The normalized spacial score (nSPS) is 12.5. The van der Waals surface area contributed by atoms with Crippen LogP contribution in [0.25, 0.3) is 0 Å². The van der Waals surface area contributed by atoms with E-state index in [0.717, 1.165) is 6.42 Å². The number of hydrogen-bond donors (Lipinski definition) is 2. The summed E-state index contributed by atoms with van der Waals surface area (Å²) >= 11 is 0. The van der Waals surface area contributed by atoms with Crippen molar-refractivity contribution in [2.45, 2.75) is 39.2 Å². The van der Waals surface area contributed by atoms with Crippen LogP contribution in [0.1, 0.15) is 33.1 Å². The predicted octanol–water partition coefficient (Wildman–Crippen LogP) is 3.40. The highest BCUT2D eigenvalue weighted by Gasteiger charge is 2.05. The lowest BCUT2D eigenvalue weighted by atomic mass is 10.1. The first kappa shape index (κ1) is 11.8. The van der Waals surface area contributed by atoms with Gasteiger partial charge in [-0.25, -0.2) is 4.39 Å². The van der Waals surface area contributed by atoms with Gasteiger partial charge in [0.15, 0.2) is 0 Å². The molecular formula is C12H19FN2. The van der Waals surface area contributed by atoms with Gasteiger partial charge in [0.2, 0.25) is 0 Å². The van der Waals surface area contributed by atoms with Crippen LogP contribution < -0.4 is 11.1 Å². The first-order chi connectivity index (χ1) is 7.13. The van der Waals surface area contributed by atoms with Crippen LogP contribution in [0.3, 0.4) is 0 Å². The second-order valence-corrected chi connectivity index (χ2v) is 3.92. The van der Waals surface area contributed by atoms with Crippen molar-refractivity contribution in [3.63, 3.8) is 0 Å². The summed E-state index contributed by atoms with van der Waals surface area (Å²) in [6, 6.07) is 4.73. The molecule has 0 aliphatic rings. The van der Waals surface area contributed by atoms with E-state index in [4.69, 9.17) is 5.73 Å². The van der Waals surface area contributed by atoms with Gasteiger partial charge in [-0.05, 0) is 31.5 Å². The molecule has 1 unspecified atom stereocenters. The second kappa shape index (κ2) is 5.59.